The number of carbonyl (C=O) groups is 1. The maximum atomic E-state index is 12.6. The number of carbonyl (C=O) groups excluding carboxylic acids is 1. The van der Waals surface area contributed by atoms with Gasteiger partial charge in [-0.1, -0.05) is 0 Å². The molecule has 0 radical (unpaired) electrons. The first-order chi connectivity index (χ1) is 9.04. The van der Waals surface area contributed by atoms with Crippen LogP contribution in [0.15, 0.2) is 6.20 Å². The summed E-state index contributed by atoms with van der Waals surface area (Å²) in [5.41, 5.74) is 0.306. The molecule has 0 atom stereocenters. The van der Waals surface area contributed by atoms with Crippen LogP contribution in [0.2, 0.25) is 0 Å². The van der Waals surface area contributed by atoms with Gasteiger partial charge in [0.2, 0.25) is 5.75 Å². The molecule has 0 aromatic carbocycles. The zero-order valence-corrected chi connectivity index (χ0v) is 9.15. The Hall–Kier alpha value is -2.53. The van der Waals surface area contributed by atoms with Crippen LogP contribution in [0.25, 0.3) is 0 Å². The predicted octanol–water partition coefficient (Wildman–Crippen LogP) is 1.92. The lowest BCUT2D eigenvalue weighted by Crippen LogP contribution is -2.24. The van der Waals surface area contributed by atoms with Crippen LogP contribution in [0.1, 0.15) is 22.5 Å². The molecule has 0 aliphatic heterocycles. The molecule has 0 saturated heterocycles. The second-order valence-electron chi connectivity index (χ2n) is 3.20. The number of rotatable bonds is 4. The molecule has 20 heavy (non-hydrogen) atoms. The normalized spacial score (nSPS) is 11.5. The Kier molecular flexibility index (Phi) is 4.06. The third-order valence-electron chi connectivity index (χ3n) is 1.91. The largest absolute Gasteiger partial charge is 0.573 e. The number of halogens is 5. The van der Waals surface area contributed by atoms with Gasteiger partial charge in [-0.3, -0.25) is 14.9 Å². The minimum atomic E-state index is -5.45. The van der Waals surface area contributed by atoms with Crippen LogP contribution in [-0.4, -0.2) is 22.2 Å². The van der Waals surface area contributed by atoms with Crippen molar-refractivity contribution in [3.8, 4) is 5.75 Å². The number of primary amides is 1. The SMILES string of the molecule is NC(=O)c1c(C(F)F)ncc([N+](=O)[O-])c1OC(F)(F)F. The molecule has 2 N–H and O–H groups in total. The van der Waals surface area contributed by atoms with Crippen LogP contribution in [0.3, 0.4) is 0 Å². The molecule has 1 rings (SSSR count). The molecular weight excluding hydrogens is 297 g/mol. The van der Waals surface area contributed by atoms with E-state index in [1.807, 2.05) is 0 Å². The number of amides is 1. The Morgan fingerprint density at radius 2 is 2.00 bits per heavy atom. The van der Waals surface area contributed by atoms with Gasteiger partial charge in [-0.05, 0) is 0 Å². The number of alkyl halides is 5. The molecule has 0 unspecified atom stereocenters. The fourth-order valence-corrected chi connectivity index (χ4v) is 1.25. The van der Waals surface area contributed by atoms with Crippen LogP contribution in [-0.2, 0) is 0 Å². The van der Waals surface area contributed by atoms with E-state index in [2.05, 4.69) is 15.5 Å². The fraction of sp³-hybridized carbons (Fsp3) is 0.250. The molecule has 0 saturated carbocycles. The Bertz CT molecular complexity index is 560. The Labute approximate surface area is 106 Å². The van der Waals surface area contributed by atoms with Gasteiger partial charge in [0, 0.05) is 0 Å². The Morgan fingerprint density at radius 1 is 1.45 bits per heavy atom. The van der Waals surface area contributed by atoms with Crippen molar-refractivity contribution in [1.29, 1.82) is 0 Å². The van der Waals surface area contributed by atoms with E-state index < -0.39 is 46.3 Å². The number of hydrogen-bond donors (Lipinski definition) is 1. The highest BCUT2D eigenvalue weighted by molar-refractivity contribution is 5.98. The molecule has 0 fully saturated rings. The summed E-state index contributed by atoms with van der Waals surface area (Å²) < 4.78 is 64.8. The first kappa shape index (κ1) is 15.5. The predicted molar refractivity (Wildman–Crippen MR) is 51.0 cm³/mol. The summed E-state index contributed by atoms with van der Waals surface area (Å²) in [4.78, 5) is 23.0. The number of aromatic nitrogens is 1. The van der Waals surface area contributed by atoms with Crippen molar-refractivity contribution in [2.75, 3.05) is 0 Å². The molecule has 0 aliphatic carbocycles. The van der Waals surface area contributed by atoms with Crippen molar-refractivity contribution >= 4 is 11.6 Å². The van der Waals surface area contributed by atoms with Gasteiger partial charge in [-0.25, -0.2) is 13.8 Å². The molecule has 0 aliphatic rings. The summed E-state index contributed by atoms with van der Waals surface area (Å²) in [6.07, 6.45) is -8.81. The molecular formula is C8H4F5N3O4. The summed E-state index contributed by atoms with van der Waals surface area (Å²) in [5, 5.41) is 10.5. The summed E-state index contributed by atoms with van der Waals surface area (Å²) in [6, 6.07) is 0. The van der Waals surface area contributed by atoms with Gasteiger partial charge < -0.3 is 10.5 Å². The molecule has 1 aromatic heterocycles. The van der Waals surface area contributed by atoms with Gasteiger partial charge in [0.25, 0.3) is 12.3 Å². The molecule has 0 bridgehead atoms. The second-order valence-corrected chi connectivity index (χ2v) is 3.20. The Balaban J connectivity index is 3.65. The summed E-state index contributed by atoms with van der Waals surface area (Å²) in [5.74, 6) is -3.49. The van der Waals surface area contributed by atoms with E-state index in [9.17, 15) is 36.9 Å². The molecule has 7 nitrogen and oxygen atoms in total. The third kappa shape index (κ3) is 3.27. The monoisotopic (exact) mass is 301 g/mol. The average Bonchev–Trinajstić information content (AvgIpc) is 2.24. The lowest BCUT2D eigenvalue weighted by atomic mass is 10.1. The minimum absolute atomic E-state index is 0.120. The molecule has 0 spiro atoms. The zero-order chi connectivity index (χ0) is 15.7. The van der Waals surface area contributed by atoms with E-state index in [1.165, 1.54) is 0 Å². The van der Waals surface area contributed by atoms with Crippen LogP contribution in [0.5, 0.6) is 5.75 Å². The standard InChI is InChI=1S/C8H4F5N3O4/c9-6(10)4-3(7(14)17)5(20-8(11,12)13)2(1-15-4)16(18)19/h1,6H,(H2,14,17). The van der Waals surface area contributed by atoms with E-state index in [0.29, 0.717) is 0 Å². The van der Waals surface area contributed by atoms with E-state index in [4.69, 9.17) is 0 Å². The number of pyridine rings is 1. The lowest BCUT2D eigenvalue weighted by molar-refractivity contribution is -0.389. The number of nitro groups is 1. The second kappa shape index (κ2) is 5.22. The van der Waals surface area contributed by atoms with Crippen molar-refractivity contribution in [3.63, 3.8) is 0 Å². The topological polar surface area (TPSA) is 108 Å². The van der Waals surface area contributed by atoms with Crippen LogP contribution < -0.4 is 10.5 Å². The first-order valence-corrected chi connectivity index (χ1v) is 4.55. The summed E-state index contributed by atoms with van der Waals surface area (Å²) in [7, 11) is 0. The minimum Gasteiger partial charge on any atom is -0.397 e. The highest BCUT2D eigenvalue weighted by Crippen LogP contribution is 2.38. The van der Waals surface area contributed by atoms with Gasteiger partial charge >= 0.3 is 12.0 Å². The molecule has 1 aromatic rings. The van der Waals surface area contributed by atoms with E-state index in [1.54, 1.807) is 0 Å². The highest BCUT2D eigenvalue weighted by Gasteiger charge is 2.39. The van der Waals surface area contributed by atoms with Crippen LogP contribution in [0.4, 0.5) is 27.6 Å². The maximum absolute atomic E-state index is 12.6. The molecule has 110 valence electrons. The van der Waals surface area contributed by atoms with Crippen molar-refractivity contribution in [2.24, 2.45) is 5.73 Å². The maximum Gasteiger partial charge on any atom is 0.573 e. The highest BCUT2D eigenvalue weighted by atomic mass is 19.4. The van der Waals surface area contributed by atoms with Crippen LogP contribution >= 0.6 is 0 Å². The van der Waals surface area contributed by atoms with E-state index in [-0.39, 0.29) is 6.20 Å². The number of ether oxygens (including phenoxy) is 1. The Morgan fingerprint density at radius 3 is 2.35 bits per heavy atom. The summed E-state index contributed by atoms with van der Waals surface area (Å²) in [6.45, 7) is 0. The van der Waals surface area contributed by atoms with E-state index >= 15 is 0 Å². The molecule has 1 amide bonds. The van der Waals surface area contributed by atoms with Crippen molar-refractivity contribution in [3.05, 3.63) is 27.6 Å². The molecule has 1 heterocycles. The third-order valence-corrected chi connectivity index (χ3v) is 1.91. The van der Waals surface area contributed by atoms with Crippen molar-refractivity contribution in [2.45, 2.75) is 12.8 Å². The molecule has 12 heteroatoms. The van der Waals surface area contributed by atoms with Gasteiger partial charge in [0.1, 0.15) is 17.5 Å². The van der Waals surface area contributed by atoms with Gasteiger partial charge in [0.15, 0.2) is 0 Å². The average molecular weight is 301 g/mol. The van der Waals surface area contributed by atoms with Crippen LogP contribution in [0, 0.1) is 10.1 Å². The van der Waals surface area contributed by atoms with Gasteiger partial charge in [0.05, 0.1) is 4.92 Å². The fourth-order valence-electron chi connectivity index (χ4n) is 1.25. The van der Waals surface area contributed by atoms with Crippen molar-refractivity contribution < 1.29 is 36.4 Å². The lowest BCUT2D eigenvalue weighted by Gasteiger charge is -2.13. The number of hydrogen-bond acceptors (Lipinski definition) is 5. The van der Waals surface area contributed by atoms with Crippen molar-refractivity contribution in [1.82, 2.24) is 4.98 Å². The van der Waals surface area contributed by atoms with Gasteiger partial charge in [-0.15, -0.1) is 13.2 Å². The summed E-state index contributed by atoms with van der Waals surface area (Å²) >= 11 is 0. The number of nitrogens with zero attached hydrogens (tertiary/aromatic N) is 2. The van der Waals surface area contributed by atoms with Gasteiger partial charge in [-0.2, -0.15) is 0 Å². The van der Waals surface area contributed by atoms with E-state index in [0.717, 1.165) is 0 Å². The smallest absolute Gasteiger partial charge is 0.397 e. The number of nitrogens with two attached hydrogens (primary N) is 1. The quantitative estimate of drug-likeness (QED) is 0.519. The zero-order valence-electron chi connectivity index (χ0n) is 9.15. The first-order valence-electron chi connectivity index (χ1n) is 4.55.